The quantitative estimate of drug-likeness (QED) is 0.601. The Labute approximate surface area is 148 Å². The molecule has 1 aliphatic rings. The SMILES string of the molecule is CN(C)C(=O)CNC(=NCc1ccc(Cl)cc1)NCC1CCOC1. The van der Waals surface area contributed by atoms with Crippen LogP contribution >= 0.6 is 11.6 Å². The van der Waals surface area contributed by atoms with Crippen molar-refractivity contribution >= 4 is 23.5 Å². The molecule has 0 saturated carbocycles. The van der Waals surface area contributed by atoms with Gasteiger partial charge in [0.25, 0.3) is 0 Å². The number of ether oxygens (including phenoxy) is 1. The zero-order chi connectivity index (χ0) is 17.4. The normalized spacial score (nSPS) is 17.6. The summed E-state index contributed by atoms with van der Waals surface area (Å²) < 4.78 is 5.39. The van der Waals surface area contributed by atoms with E-state index in [0.717, 1.165) is 31.7 Å². The molecule has 132 valence electrons. The third-order valence-electron chi connectivity index (χ3n) is 3.82. The van der Waals surface area contributed by atoms with Crippen LogP contribution in [0.15, 0.2) is 29.3 Å². The molecule has 0 aliphatic carbocycles. The lowest BCUT2D eigenvalue weighted by Crippen LogP contribution is -2.44. The van der Waals surface area contributed by atoms with Gasteiger partial charge in [0, 0.05) is 38.2 Å². The Balaban J connectivity index is 1.92. The van der Waals surface area contributed by atoms with Crippen LogP contribution in [-0.2, 0) is 16.1 Å². The second-order valence-electron chi connectivity index (χ2n) is 6.04. The fourth-order valence-electron chi connectivity index (χ4n) is 2.24. The maximum absolute atomic E-state index is 11.8. The lowest BCUT2D eigenvalue weighted by atomic mass is 10.1. The molecule has 1 saturated heterocycles. The van der Waals surface area contributed by atoms with Gasteiger partial charge in [-0.15, -0.1) is 0 Å². The summed E-state index contributed by atoms with van der Waals surface area (Å²) >= 11 is 5.90. The number of benzene rings is 1. The Morgan fingerprint density at radius 3 is 2.71 bits per heavy atom. The maximum Gasteiger partial charge on any atom is 0.241 e. The number of halogens is 1. The number of carbonyl (C=O) groups is 1. The molecule has 2 rings (SSSR count). The minimum atomic E-state index is 0.000178. The molecule has 1 heterocycles. The van der Waals surface area contributed by atoms with Gasteiger partial charge in [-0.2, -0.15) is 0 Å². The molecule has 1 amide bonds. The summed E-state index contributed by atoms with van der Waals surface area (Å²) in [5, 5.41) is 7.09. The van der Waals surface area contributed by atoms with Crippen LogP contribution in [0.4, 0.5) is 0 Å². The van der Waals surface area contributed by atoms with E-state index in [1.54, 1.807) is 19.0 Å². The number of hydrogen-bond donors (Lipinski definition) is 2. The predicted octanol–water partition coefficient (Wildman–Crippen LogP) is 1.50. The highest BCUT2D eigenvalue weighted by Gasteiger charge is 2.16. The van der Waals surface area contributed by atoms with E-state index in [1.807, 2.05) is 24.3 Å². The van der Waals surface area contributed by atoms with E-state index in [2.05, 4.69) is 15.6 Å². The van der Waals surface area contributed by atoms with Crippen molar-refractivity contribution in [1.29, 1.82) is 0 Å². The van der Waals surface area contributed by atoms with Crippen LogP contribution in [0.25, 0.3) is 0 Å². The molecule has 0 aromatic heterocycles. The number of aliphatic imine (C=N–C) groups is 1. The minimum absolute atomic E-state index is 0.000178. The highest BCUT2D eigenvalue weighted by molar-refractivity contribution is 6.30. The molecule has 1 atom stereocenters. The van der Waals surface area contributed by atoms with Gasteiger partial charge in [-0.05, 0) is 24.1 Å². The van der Waals surface area contributed by atoms with Crippen molar-refractivity contribution in [2.24, 2.45) is 10.9 Å². The largest absolute Gasteiger partial charge is 0.381 e. The average Bonchev–Trinajstić information content (AvgIpc) is 3.08. The monoisotopic (exact) mass is 352 g/mol. The van der Waals surface area contributed by atoms with E-state index in [-0.39, 0.29) is 12.5 Å². The average molecular weight is 353 g/mol. The van der Waals surface area contributed by atoms with Crippen molar-refractivity contribution in [3.63, 3.8) is 0 Å². The van der Waals surface area contributed by atoms with E-state index in [9.17, 15) is 4.79 Å². The summed E-state index contributed by atoms with van der Waals surface area (Å²) in [4.78, 5) is 17.9. The van der Waals surface area contributed by atoms with Gasteiger partial charge in [0.15, 0.2) is 5.96 Å². The number of carbonyl (C=O) groups excluding carboxylic acids is 1. The molecule has 1 aromatic rings. The Morgan fingerprint density at radius 1 is 1.33 bits per heavy atom. The smallest absolute Gasteiger partial charge is 0.241 e. The fourth-order valence-corrected chi connectivity index (χ4v) is 2.36. The zero-order valence-corrected chi connectivity index (χ0v) is 15.0. The lowest BCUT2D eigenvalue weighted by molar-refractivity contribution is -0.127. The molecule has 1 aliphatic heterocycles. The highest BCUT2D eigenvalue weighted by Crippen LogP contribution is 2.11. The number of amides is 1. The third-order valence-corrected chi connectivity index (χ3v) is 4.07. The van der Waals surface area contributed by atoms with Crippen LogP contribution in [0.1, 0.15) is 12.0 Å². The Bertz CT molecular complexity index is 554. The van der Waals surface area contributed by atoms with Gasteiger partial charge in [0.2, 0.25) is 5.91 Å². The van der Waals surface area contributed by atoms with E-state index >= 15 is 0 Å². The fraction of sp³-hybridized carbons (Fsp3) is 0.529. The molecule has 7 heteroatoms. The van der Waals surface area contributed by atoms with Gasteiger partial charge >= 0.3 is 0 Å². The summed E-state index contributed by atoms with van der Waals surface area (Å²) in [5.41, 5.74) is 1.06. The lowest BCUT2D eigenvalue weighted by Gasteiger charge is -2.16. The number of nitrogens with one attached hydrogen (secondary N) is 2. The summed E-state index contributed by atoms with van der Waals surface area (Å²) in [7, 11) is 3.47. The Morgan fingerprint density at radius 2 is 2.08 bits per heavy atom. The van der Waals surface area contributed by atoms with Crippen LogP contribution in [0.5, 0.6) is 0 Å². The van der Waals surface area contributed by atoms with Crippen molar-refractivity contribution in [3.05, 3.63) is 34.9 Å². The molecule has 0 bridgehead atoms. The first-order valence-corrected chi connectivity index (χ1v) is 8.47. The van der Waals surface area contributed by atoms with Crippen LogP contribution in [0, 0.1) is 5.92 Å². The van der Waals surface area contributed by atoms with Crippen LogP contribution in [0.2, 0.25) is 5.02 Å². The Kier molecular flexibility index (Phi) is 7.34. The number of rotatable bonds is 6. The van der Waals surface area contributed by atoms with Crippen LogP contribution < -0.4 is 10.6 Å². The molecule has 0 radical (unpaired) electrons. The summed E-state index contributed by atoms with van der Waals surface area (Å²) in [5.74, 6) is 1.12. The molecule has 1 unspecified atom stereocenters. The van der Waals surface area contributed by atoms with Crippen LogP contribution in [0.3, 0.4) is 0 Å². The first-order chi connectivity index (χ1) is 11.5. The molecule has 1 fully saturated rings. The molecular weight excluding hydrogens is 328 g/mol. The van der Waals surface area contributed by atoms with Gasteiger partial charge in [0.05, 0.1) is 19.7 Å². The van der Waals surface area contributed by atoms with Gasteiger partial charge in [-0.25, -0.2) is 4.99 Å². The number of nitrogens with zero attached hydrogens (tertiary/aromatic N) is 2. The zero-order valence-electron chi connectivity index (χ0n) is 14.2. The van der Waals surface area contributed by atoms with Crippen molar-refractivity contribution < 1.29 is 9.53 Å². The van der Waals surface area contributed by atoms with Gasteiger partial charge in [-0.3, -0.25) is 4.79 Å². The minimum Gasteiger partial charge on any atom is -0.381 e. The van der Waals surface area contributed by atoms with E-state index in [0.29, 0.717) is 23.4 Å². The van der Waals surface area contributed by atoms with E-state index in [1.165, 1.54) is 0 Å². The van der Waals surface area contributed by atoms with Gasteiger partial charge < -0.3 is 20.3 Å². The first kappa shape index (κ1) is 18.5. The molecule has 1 aromatic carbocycles. The van der Waals surface area contributed by atoms with Crippen molar-refractivity contribution in [2.45, 2.75) is 13.0 Å². The highest BCUT2D eigenvalue weighted by atomic mass is 35.5. The first-order valence-electron chi connectivity index (χ1n) is 8.09. The van der Waals surface area contributed by atoms with E-state index < -0.39 is 0 Å². The second kappa shape index (κ2) is 9.49. The predicted molar refractivity (Wildman–Crippen MR) is 96.2 cm³/mol. The number of hydrogen-bond acceptors (Lipinski definition) is 3. The summed E-state index contributed by atoms with van der Waals surface area (Å²) in [6, 6.07) is 7.58. The number of guanidine groups is 1. The van der Waals surface area contributed by atoms with Crippen molar-refractivity contribution in [2.75, 3.05) is 40.4 Å². The summed E-state index contributed by atoms with van der Waals surface area (Å²) in [6.07, 6.45) is 1.05. The van der Waals surface area contributed by atoms with Crippen molar-refractivity contribution in [3.8, 4) is 0 Å². The molecular formula is C17H25ClN4O2. The second-order valence-corrected chi connectivity index (χ2v) is 6.48. The van der Waals surface area contributed by atoms with E-state index in [4.69, 9.17) is 16.3 Å². The third kappa shape index (κ3) is 6.37. The van der Waals surface area contributed by atoms with Crippen LogP contribution in [-0.4, -0.2) is 57.2 Å². The molecule has 0 spiro atoms. The topological polar surface area (TPSA) is 66.0 Å². The van der Waals surface area contributed by atoms with Crippen molar-refractivity contribution in [1.82, 2.24) is 15.5 Å². The maximum atomic E-state index is 11.8. The van der Waals surface area contributed by atoms with Gasteiger partial charge in [0.1, 0.15) is 0 Å². The molecule has 24 heavy (non-hydrogen) atoms. The van der Waals surface area contributed by atoms with Gasteiger partial charge in [-0.1, -0.05) is 23.7 Å². The molecule has 6 nitrogen and oxygen atoms in total. The molecule has 2 N–H and O–H groups in total. The standard InChI is InChI=1S/C17H25ClN4O2/c1-22(2)16(23)11-21-17(20-10-14-7-8-24-12-14)19-9-13-3-5-15(18)6-4-13/h3-6,14H,7-12H2,1-2H3,(H2,19,20,21). The Hall–Kier alpha value is -1.79. The number of likely N-dealkylation sites (N-methyl/N-ethyl adjacent to an activating group) is 1. The summed E-state index contributed by atoms with van der Waals surface area (Å²) in [6.45, 7) is 3.09.